The van der Waals surface area contributed by atoms with E-state index >= 15 is 0 Å². The van der Waals surface area contributed by atoms with Gasteiger partial charge in [-0.25, -0.2) is 8.78 Å². The van der Waals surface area contributed by atoms with Gasteiger partial charge in [0.2, 0.25) is 0 Å². The molecule has 6 heteroatoms. The summed E-state index contributed by atoms with van der Waals surface area (Å²) in [4.78, 5) is 4.10. The van der Waals surface area contributed by atoms with Crippen molar-refractivity contribution in [3.63, 3.8) is 0 Å². The number of guanidine groups is 1. The second-order valence-electron chi connectivity index (χ2n) is 4.59. The molecule has 0 heterocycles. The van der Waals surface area contributed by atoms with Crippen molar-refractivity contribution in [1.82, 2.24) is 10.6 Å². The molecule has 2 N–H and O–H groups in total. The van der Waals surface area contributed by atoms with E-state index < -0.39 is 11.6 Å². The molecule has 0 bridgehead atoms. The van der Waals surface area contributed by atoms with Gasteiger partial charge in [0.25, 0.3) is 0 Å². The van der Waals surface area contributed by atoms with Crippen LogP contribution in [0.4, 0.5) is 8.78 Å². The second kappa shape index (κ2) is 10.4. The van der Waals surface area contributed by atoms with Gasteiger partial charge in [-0.1, -0.05) is 12.1 Å². The molecule has 0 saturated carbocycles. The summed E-state index contributed by atoms with van der Waals surface area (Å²) in [7, 11) is 1.69. The molecule has 118 valence electrons. The third kappa shape index (κ3) is 6.80. The van der Waals surface area contributed by atoms with Crippen molar-refractivity contribution in [2.75, 3.05) is 32.1 Å². The zero-order valence-electron chi connectivity index (χ0n) is 12.6. The first-order valence-electron chi connectivity index (χ1n) is 7.05. The van der Waals surface area contributed by atoms with E-state index in [9.17, 15) is 8.78 Å². The van der Waals surface area contributed by atoms with Crippen molar-refractivity contribution in [3.8, 4) is 0 Å². The number of halogens is 2. The Labute approximate surface area is 129 Å². The number of nitrogens with zero attached hydrogens (tertiary/aromatic N) is 1. The average molecular weight is 315 g/mol. The van der Waals surface area contributed by atoms with Gasteiger partial charge in [0.05, 0.1) is 0 Å². The Bertz CT molecular complexity index is 453. The van der Waals surface area contributed by atoms with Crippen molar-refractivity contribution >= 4 is 17.7 Å². The van der Waals surface area contributed by atoms with Gasteiger partial charge in [-0.3, -0.25) is 4.99 Å². The summed E-state index contributed by atoms with van der Waals surface area (Å²) in [5.74, 6) is 0.283. The number of hydrogen-bond acceptors (Lipinski definition) is 2. The smallest absolute Gasteiger partial charge is 0.190 e. The summed E-state index contributed by atoms with van der Waals surface area (Å²) in [6.07, 6.45) is 4.76. The Morgan fingerprint density at radius 2 is 1.95 bits per heavy atom. The molecule has 0 fully saturated rings. The molecule has 0 aliphatic carbocycles. The van der Waals surface area contributed by atoms with Gasteiger partial charge in [-0.2, -0.15) is 11.8 Å². The maximum Gasteiger partial charge on any atom is 0.190 e. The Hall–Kier alpha value is -1.30. The van der Waals surface area contributed by atoms with Gasteiger partial charge in [0.15, 0.2) is 17.6 Å². The number of rotatable bonds is 8. The fourth-order valence-electron chi connectivity index (χ4n) is 1.86. The minimum atomic E-state index is -0.802. The van der Waals surface area contributed by atoms with Crippen LogP contribution in [0.15, 0.2) is 23.2 Å². The summed E-state index contributed by atoms with van der Waals surface area (Å²) >= 11 is 1.84. The molecule has 0 unspecified atom stereocenters. The number of hydrogen-bond donors (Lipinski definition) is 2. The topological polar surface area (TPSA) is 36.4 Å². The highest BCUT2D eigenvalue weighted by atomic mass is 32.2. The Balaban J connectivity index is 2.27. The van der Waals surface area contributed by atoms with E-state index in [1.807, 2.05) is 11.8 Å². The van der Waals surface area contributed by atoms with Crippen LogP contribution in [0, 0.1) is 11.6 Å². The van der Waals surface area contributed by atoms with Crippen molar-refractivity contribution in [3.05, 3.63) is 35.4 Å². The van der Waals surface area contributed by atoms with Crippen molar-refractivity contribution in [1.29, 1.82) is 0 Å². The summed E-state index contributed by atoms with van der Waals surface area (Å²) < 4.78 is 26.5. The van der Waals surface area contributed by atoms with Crippen molar-refractivity contribution < 1.29 is 8.78 Å². The third-order valence-electron chi connectivity index (χ3n) is 3.01. The molecule has 0 aliphatic heterocycles. The minimum Gasteiger partial charge on any atom is -0.356 e. The largest absolute Gasteiger partial charge is 0.356 e. The number of thioether (sulfide) groups is 1. The van der Waals surface area contributed by atoms with Crippen LogP contribution in [-0.4, -0.2) is 38.1 Å². The lowest BCUT2D eigenvalue weighted by molar-refractivity contribution is 0.498. The van der Waals surface area contributed by atoms with Crippen LogP contribution in [-0.2, 0) is 6.42 Å². The lowest BCUT2D eigenvalue weighted by Crippen LogP contribution is -2.38. The van der Waals surface area contributed by atoms with E-state index in [2.05, 4.69) is 21.9 Å². The lowest BCUT2D eigenvalue weighted by Gasteiger charge is -2.12. The summed E-state index contributed by atoms with van der Waals surface area (Å²) in [5, 5.41) is 6.30. The molecule has 0 spiro atoms. The summed E-state index contributed by atoms with van der Waals surface area (Å²) in [5.41, 5.74) is 0.373. The van der Waals surface area contributed by atoms with Crippen LogP contribution in [0.2, 0.25) is 0 Å². The fraction of sp³-hybridized carbons (Fsp3) is 0.533. The molecule has 0 amide bonds. The lowest BCUT2D eigenvalue weighted by atomic mass is 10.1. The monoisotopic (exact) mass is 315 g/mol. The molecule has 0 aliphatic rings. The molecule has 1 aromatic carbocycles. The van der Waals surface area contributed by atoms with Crippen molar-refractivity contribution in [2.45, 2.75) is 19.3 Å². The summed E-state index contributed by atoms with van der Waals surface area (Å²) in [6, 6.07) is 4.24. The van der Waals surface area contributed by atoms with Crippen LogP contribution in [0.1, 0.15) is 18.4 Å². The highest BCUT2D eigenvalue weighted by Crippen LogP contribution is 2.11. The predicted molar refractivity (Wildman–Crippen MR) is 87.0 cm³/mol. The molecule has 1 aromatic rings. The maximum absolute atomic E-state index is 13.5. The second-order valence-corrected chi connectivity index (χ2v) is 5.57. The number of benzene rings is 1. The molecule has 1 rings (SSSR count). The average Bonchev–Trinajstić information content (AvgIpc) is 2.49. The number of aliphatic imine (C=N–C) groups is 1. The van der Waals surface area contributed by atoms with E-state index in [-0.39, 0.29) is 0 Å². The van der Waals surface area contributed by atoms with Gasteiger partial charge < -0.3 is 10.6 Å². The Morgan fingerprint density at radius 1 is 1.19 bits per heavy atom. The molecule has 0 saturated heterocycles. The normalized spacial score (nSPS) is 11.5. The van der Waals surface area contributed by atoms with Gasteiger partial charge >= 0.3 is 0 Å². The molecule has 0 radical (unpaired) electrons. The predicted octanol–water partition coefficient (Wildman–Crippen LogP) is 2.82. The number of nitrogens with one attached hydrogen (secondary N) is 2. The summed E-state index contributed by atoms with van der Waals surface area (Å²) in [6.45, 7) is 1.36. The van der Waals surface area contributed by atoms with Crippen molar-refractivity contribution in [2.24, 2.45) is 4.99 Å². The van der Waals surface area contributed by atoms with Gasteiger partial charge in [0.1, 0.15) is 0 Å². The quantitative estimate of drug-likeness (QED) is 0.440. The molecule has 3 nitrogen and oxygen atoms in total. The first kappa shape index (κ1) is 17.8. The van der Waals surface area contributed by atoms with E-state index in [4.69, 9.17) is 0 Å². The minimum absolute atomic E-state index is 0.373. The van der Waals surface area contributed by atoms with Crippen LogP contribution in [0.3, 0.4) is 0 Å². The zero-order valence-corrected chi connectivity index (χ0v) is 13.4. The van der Waals surface area contributed by atoms with E-state index in [1.165, 1.54) is 12.5 Å². The highest BCUT2D eigenvalue weighted by Gasteiger charge is 2.07. The maximum atomic E-state index is 13.5. The van der Waals surface area contributed by atoms with Gasteiger partial charge in [-0.05, 0) is 42.9 Å². The fourth-order valence-corrected chi connectivity index (χ4v) is 2.35. The highest BCUT2D eigenvalue weighted by molar-refractivity contribution is 7.98. The zero-order chi connectivity index (χ0) is 15.5. The van der Waals surface area contributed by atoms with E-state index in [1.54, 1.807) is 13.1 Å². The Morgan fingerprint density at radius 3 is 2.67 bits per heavy atom. The standard InChI is InChI=1S/C15H23F2N3S/c1-18-15(19-9-3-4-11-21-2)20-10-8-12-6-5-7-13(16)14(12)17/h5-7H,3-4,8-11H2,1-2H3,(H2,18,19,20). The molecular formula is C15H23F2N3S. The van der Waals surface area contributed by atoms with E-state index in [0.29, 0.717) is 24.5 Å². The first-order valence-corrected chi connectivity index (χ1v) is 8.44. The third-order valence-corrected chi connectivity index (χ3v) is 3.71. The molecule has 0 atom stereocenters. The van der Waals surface area contributed by atoms with Gasteiger partial charge in [0, 0.05) is 20.1 Å². The van der Waals surface area contributed by atoms with E-state index in [0.717, 1.165) is 24.8 Å². The van der Waals surface area contributed by atoms with Crippen LogP contribution in [0.5, 0.6) is 0 Å². The molecule has 21 heavy (non-hydrogen) atoms. The Kier molecular flexibility index (Phi) is 8.82. The van der Waals surface area contributed by atoms with Crippen LogP contribution in [0.25, 0.3) is 0 Å². The van der Waals surface area contributed by atoms with Crippen LogP contribution >= 0.6 is 11.8 Å². The molecule has 0 aromatic heterocycles. The first-order chi connectivity index (χ1) is 10.2. The van der Waals surface area contributed by atoms with Crippen LogP contribution < -0.4 is 10.6 Å². The van der Waals surface area contributed by atoms with Gasteiger partial charge in [-0.15, -0.1) is 0 Å². The molecular weight excluding hydrogens is 292 g/mol. The SMILES string of the molecule is CN=C(NCCCCSC)NCCc1cccc(F)c1F. The number of unbranched alkanes of at least 4 members (excludes halogenated alkanes) is 1.